The molecule has 0 spiro atoms. The van der Waals surface area contributed by atoms with Gasteiger partial charge in [0.25, 0.3) is 0 Å². The maximum Gasteiger partial charge on any atom is 0.221 e. The van der Waals surface area contributed by atoms with Gasteiger partial charge in [0.2, 0.25) is 5.91 Å². The lowest BCUT2D eigenvalue weighted by molar-refractivity contribution is -0.114. The zero-order valence-electron chi connectivity index (χ0n) is 14.4. The summed E-state index contributed by atoms with van der Waals surface area (Å²) in [6.07, 6.45) is 1.10. The highest BCUT2D eigenvalue weighted by molar-refractivity contribution is 5.88. The fourth-order valence-corrected chi connectivity index (χ4v) is 2.50. The van der Waals surface area contributed by atoms with Crippen LogP contribution in [0.5, 0.6) is 5.75 Å². The highest BCUT2D eigenvalue weighted by Crippen LogP contribution is 2.18. The molecule has 2 N–H and O–H groups in total. The van der Waals surface area contributed by atoms with Crippen LogP contribution in [0.2, 0.25) is 0 Å². The molecule has 128 valence electrons. The van der Waals surface area contributed by atoms with Crippen molar-refractivity contribution in [2.45, 2.75) is 26.2 Å². The molecule has 2 rings (SSSR count). The Morgan fingerprint density at radius 2 is 1.88 bits per heavy atom. The van der Waals surface area contributed by atoms with E-state index >= 15 is 0 Å². The van der Waals surface area contributed by atoms with Gasteiger partial charge in [-0.05, 0) is 36.6 Å². The number of ether oxygens (including phenoxy) is 1. The van der Waals surface area contributed by atoms with Crippen LogP contribution in [-0.4, -0.2) is 25.6 Å². The highest BCUT2D eigenvalue weighted by atomic mass is 16.5. The molecule has 1 unspecified atom stereocenters. The lowest BCUT2D eigenvalue weighted by Crippen LogP contribution is -2.23. The average Bonchev–Trinajstić information content (AvgIpc) is 2.58. The van der Waals surface area contributed by atoms with Crippen LogP contribution in [0.25, 0.3) is 0 Å². The smallest absolute Gasteiger partial charge is 0.221 e. The highest BCUT2D eigenvalue weighted by Gasteiger charge is 2.04. The van der Waals surface area contributed by atoms with Crippen molar-refractivity contribution in [3.8, 4) is 5.75 Å². The quantitative estimate of drug-likeness (QED) is 0.689. The third-order valence-corrected chi connectivity index (χ3v) is 3.82. The molecule has 4 nitrogen and oxygen atoms in total. The van der Waals surface area contributed by atoms with Gasteiger partial charge in [-0.3, -0.25) is 4.79 Å². The number of amides is 1. The van der Waals surface area contributed by atoms with Gasteiger partial charge in [-0.2, -0.15) is 0 Å². The number of benzene rings is 2. The van der Waals surface area contributed by atoms with Gasteiger partial charge in [0.15, 0.2) is 0 Å². The predicted octanol–water partition coefficient (Wildman–Crippen LogP) is 3.81. The summed E-state index contributed by atoms with van der Waals surface area (Å²) in [6.45, 7) is 6.11. The van der Waals surface area contributed by atoms with Crippen LogP contribution < -0.4 is 15.4 Å². The monoisotopic (exact) mass is 326 g/mol. The predicted molar refractivity (Wildman–Crippen MR) is 98.6 cm³/mol. The van der Waals surface area contributed by atoms with Crippen molar-refractivity contribution in [2.75, 3.05) is 25.0 Å². The molecule has 0 aliphatic rings. The maximum absolute atomic E-state index is 11.1. The third-order valence-electron chi connectivity index (χ3n) is 3.82. The van der Waals surface area contributed by atoms with Crippen LogP contribution in [0.1, 0.15) is 31.7 Å². The number of rotatable bonds is 9. The molecule has 0 aliphatic carbocycles. The van der Waals surface area contributed by atoms with E-state index in [0.717, 1.165) is 30.9 Å². The van der Waals surface area contributed by atoms with Gasteiger partial charge in [0, 0.05) is 25.2 Å². The number of anilines is 1. The van der Waals surface area contributed by atoms with E-state index < -0.39 is 0 Å². The van der Waals surface area contributed by atoms with Crippen LogP contribution in [0, 0.1) is 0 Å². The molecule has 24 heavy (non-hydrogen) atoms. The molecule has 4 heteroatoms. The van der Waals surface area contributed by atoms with Gasteiger partial charge in [-0.15, -0.1) is 0 Å². The normalized spacial score (nSPS) is 11.8. The first kappa shape index (κ1) is 18.0. The standard InChI is InChI=1S/C20H26N2O2/c1-16(18-7-4-3-5-8-18)11-12-21-13-14-24-20-10-6-9-19(15-20)22-17(2)23/h3-10,15-16,21H,11-14H2,1-2H3,(H,22,23). The van der Waals surface area contributed by atoms with Crippen molar-refractivity contribution in [1.82, 2.24) is 5.32 Å². The maximum atomic E-state index is 11.1. The number of hydrogen-bond donors (Lipinski definition) is 2. The lowest BCUT2D eigenvalue weighted by atomic mass is 9.98. The summed E-state index contributed by atoms with van der Waals surface area (Å²) in [7, 11) is 0. The Labute approximate surface area is 144 Å². The molecule has 0 bridgehead atoms. The number of carbonyl (C=O) groups is 1. The summed E-state index contributed by atoms with van der Waals surface area (Å²) >= 11 is 0. The molecular formula is C20H26N2O2. The first-order chi connectivity index (χ1) is 11.6. The third kappa shape index (κ3) is 6.42. The summed E-state index contributed by atoms with van der Waals surface area (Å²) in [5.41, 5.74) is 2.13. The van der Waals surface area contributed by atoms with Gasteiger partial charge in [0.1, 0.15) is 12.4 Å². The Kier molecular flexibility index (Phi) is 7.30. The molecule has 0 heterocycles. The summed E-state index contributed by atoms with van der Waals surface area (Å²) in [6, 6.07) is 18.0. The Morgan fingerprint density at radius 3 is 2.62 bits per heavy atom. The Hall–Kier alpha value is -2.33. The molecule has 1 atom stereocenters. The zero-order valence-corrected chi connectivity index (χ0v) is 14.4. The molecule has 1 amide bonds. The van der Waals surface area contributed by atoms with Gasteiger partial charge in [-0.25, -0.2) is 0 Å². The fraction of sp³-hybridized carbons (Fsp3) is 0.350. The minimum atomic E-state index is -0.0821. The molecule has 2 aromatic rings. The van der Waals surface area contributed by atoms with Gasteiger partial charge in [-0.1, -0.05) is 43.3 Å². The largest absolute Gasteiger partial charge is 0.492 e. The van der Waals surface area contributed by atoms with Gasteiger partial charge < -0.3 is 15.4 Å². The molecule has 0 saturated heterocycles. The summed E-state index contributed by atoms with van der Waals surface area (Å²) in [4.78, 5) is 11.1. The van der Waals surface area contributed by atoms with Crippen LogP contribution in [0.3, 0.4) is 0 Å². The second kappa shape index (κ2) is 9.73. The Bertz CT molecular complexity index is 629. The van der Waals surface area contributed by atoms with Crippen molar-refractivity contribution in [2.24, 2.45) is 0 Å². The van der Waals surface area contributed by atoms with Crippen molar-refractivity contribution in [3.63, 3.8) is 0 Å². The van der Waals surface area contributed by atoms with Crippen LogP contribution >= 0.6 is 0 Å². The van der Waals surface area contributed by atoms with E-state index in [1.807, 2.05) is 30.3 Å². The topological polar surface area (TPSA) is 50.4 Å². The second-order valence-electron chi connectivity index (χ2n) is 5.91. The van der Waals surface area contributed by atoms with E-state index in [9.17, 15) is 4.79 Å². The molecule has 2 aromatic carbocycles. The van der Waals surface area contributed by atoms with Crippen molar-refractivity contribution in [3.05, 3.63) is 60.2 Å². The van der Waals surface area contributed by atoms with E-state index in [0.29, 0.717) is 12.5 Å². The van der Waals surface area contributed by atoms with E-state index in [4.69, 9.17) is 4.74 Å². The van der Waals surface area contributed by atoms with Crippen molar-refractivity contribution >= 4 is 11.6 Å². The number of nitrogens with one attached hydrogen (secondary N) is 2. The minimum absolute atomic E-state index is 0.0821. The van der Waals surface area contributed by atoms with Crippen LogP contribution in [-0.2, 0) is 4.79 Å². The number of hydrogen-bond acceptors (Lipinski definition) is 3. The summed E-state index contributed by atoms with van der Waals surface area (Å²) < 4.78 is 5.71. The van der Waals surface area contributed by atoms with Crippen LogP contribution in [0.4, 0.5) is 5.69 Å². The second-order valence-corrected chi connectivity index (χ2v) is 5.91. The van der Waals surface area contributed by atoms with Crippen molar-refractivity contribution < 1.29 is 9.53 Å². The van der Waals surface area contributed by atoms with E-state index in [-0.39, 0.29) is 5.91 Å². The summed E-state index contributed by atoms with van der Waals surface area (Å²) in [5, 5.41) is 6.16. The van der Waals surface area contributed by atoms with E-state index in [1.54, 1.807) is 0 Å². The zero-order chi connectivity index (χ0) is 17.2. The fourth-order valence-electron chi connectivity index (χ4n) is 2.50. The van der Waals surface area contributed by atoms with Crippen LogP contribution in [0.15, 0.2) is 54.6 Å². The molecule has 0 radical (unpaired) electrons. The Balaban J connectivity index is 1.62. The number of carbonyl (C=O) groups excluding carboxylic acids is 1. The molecular weight excluding hydrogens is 300 g/mol. The first-order valence-corrected chi connectivity index (χ1v) is 8.41. The molecule has 0 aromatic heterocycles. The first-order valence-electron chi connectivity index (χ1n) is 8.41. The average molecular weight is 326 g/mol. The minimum Gasteiger partial charge on any atom is -0.492 e. The Morgan fingerprint density at radius 1 is 1.08 bits per heavy atom. The van der Waals surface area contributed by atoms with Crippen molar-refractivity contribution in [1.29, 1.82) is 0 Å². The molecule has 0 aliphatic heterocycles. The van der Waals surface area contributed by atoms with E-state index in [2.05, 4.69) is 41.8 Å². The van der Waals surface area contributed by atoms with Gasteiger partial charge in [0.05, 0.1) is 0 Å². The molecule has 0 saturated carbocycles. The van der Waals surface area contributed by atoms with Gasteiger partial charge >= 0.3 is 0 Å². The van der Waals surface area contributed by atoms with E-state index in [1.165, 1.54) is 12.5 Å². The lowest BCUT2D eigenvalue weighted by Gasteiger charge is -2.13. The summed E-state index contributed by atoms with van der Waals surface area (Å²) in [5.74, 6) is 1.23. The SMILES string of the molecule is CC(=O)Nc1cccc(OCCNCCC(C)c2ccccc2)c1. The molecule has 0 fully saturated rings.